The van der Waals surface area contributed by atoms with Crippen molar-refractivity contribution in [2.45, 2.75) is 45.6 Å². The predicted octanol–water partition coefficient (Wildman–Crippen LogP) is 4.08. The first kappa shape index (κ1) is 20.9. The molecule has 156 valence electrons. The molecule has 29 heavy (non-hydrogen) atoms. The highest BCUT2D eigenvalue weighted by molar-refractivity contribution is 5.68. The Hall–Kier alpha value is -2.84. The summed E-state index contributed by atoms with van der Waals surface area (Å²) in [5.41, 5.74) is -0.293. The second-order valence-corrected chi connectivity index (χ2v) is 8.11. The number of ether oxygens (including phenoxy) is 1. The van der Waals surface area contributed by atoms with Gasteiger partial charge in [0.05, 0.1) is 18.1 Å². The van der Waals surface area contributed by atoms with Crippen molar-refractivity contribution >= 4 is 17.9 Å². The first-order valence-electron chi connectivity index (χ1n) is 9.57. The van der Waals surface area contributed by atoms with Crippen LogP contribution >= 0.6 is 0 Å². The van der Waals surface area contributed by atoms with Crippen LogP contribution in [0, 0.1) is 17.6 Å². The van der Waals surface area contributed by atoms with Crippen LogP contribution in [0.25, 0.3) is 0 Å². The van der Waals surface area contributed by atoms with E-state index in [2.05, 4.69) is 20.3 Å². The molecule has 0 aliphatic carbocycles. The minimum Gasteiger partial charge on any atom is -0.444 e. The Balaban J connectivity index is 1.66. The molecule has 1 atom stereocenters. The fourth-order valence-corrected chi connectivity index (χ4v) is 3.17. The summed E-state index contributed by atoms with van der Waals surface area (Å²) in [6.45, 7) is 6.59. The minimum absolute atomic E-state index is 0.0671. The number of carbonyl (C=O) groups excluding carboxylic acids is 1. The summed E-state index contributed by atoms with van der Waals surface area (Å²) in [4.78, 5) is 26.0. The number of carbonyl (C=O) groups is 1. The van der Waals surface area contributed by atoms with E-state index in [0.29, 0.717) is 25.3 Å². The average Bonchev–Trinajstić information content (AvgIpc) is 2.65. The van der Waals surface area contributed by atoms with Gasteiger partial charge in [-0.25, -0.2) is 28.5 Å². The standard InChI is InChI=1S/C20H25F2N5O2/c1-20(2,3)29-19(28)27-8-4-5-13(12-27)9-16-15(22)11-24-18(25-16)26-17-7-6-14(21)10-23-17/h6-7,10-11,13H,4-5,8-9,12H2,1-3H3,(H,23,24,25,26)/t13-/m0/s1. The van der Waals surface area contributed by atoms with E-state index in [1.54, 1.807) is 4.90 Å². The molecular weight excluding hydrogens is 380 g/mol. The first-order chi connectivity index (χ1) is 13.7. The molecule has 1 N–H and O–H groups in total. The third kappa shape index (κ3) is 6.07. The second kappa shape index (κ2) is 8.67. The van der Waals surface area contributed by atoms with Crippen LogP contribution in [0.2, 0.25) is 0 Å². The SMILES string of the molecule is CC(C)(C)OC(=O)N1CCC[C@@H](Cc2nc(Nc3ccc(F)cn3)ncc2F)C1. The van der Waals surface area contributed by atoms with E-state index in [0.717, 1.165) is 25.2 Å². The van der Waals surface area contributed by atoms with E-state index < -0.39 is 17.2 Å². The number of hydrogen-bond donors (Lipinski definition) is 1. The molecule has 0 aromatic carbocycles. The fraction of sp³-hybridized carbons (Fsp3) is 0.500. The van der Waals surface area contributed by atoms with Crippen molar-refractivity contribution in [1.29, 1.82) is 0 Å². The normalized spacial score (nSPS) is 17.1. The van der Waals surface area contributed by atoms with Crippen molar-refractivity contribution in [1.82, 2.24) is 19.9 Å². The molecule has 1 aliphatic heterocycles. The maximum Gasteiger partial charge on any atom is 0.410 e. The van der Waals surface area contributed by atoms with Crippen LogP contribution in [0.5, 0.6) is 0 Å². The largest absolute Gasteiger partial charge is 0.444 e. The number of anilines is 2. The molecule has 1 amide bonds. The highest BCUT2D eigenvalue weighted by Crippen LogP contribution is 2.23. The van der Waals surface area contributed by atoms with Crippen molar-refractivity contribution in [2.75, 3.05) is 18.4 Å². The van der Waals surface area contributed by atoms with Crippen LogP contribution in [-0.4, -0.2) is 44.6 Å². The molecule has 0 radical (unpaired) electrons. The number of likely N-dealkylation sites (tertiary alicyclic amines) is 1. The highest BCUT2D eigenvalue weighted by Gasteiger charge is 2.28. The molecule has 3 rings (SSSR count). The molecule has 3 heterocycles. The summed E-state index contributed by atoms with van der Waals surface area (Å²) < 4.78 is 32.7. The van der Waals surface area contributed by atoms with E-state index in [1.807, 2.05) is 20.8 Å². The lowest BCUT2D eigenvalue weighted by Gasteiger charge is -2.34. The lowest BCUT2D eigenvalue weighted by atomic mass is 9.93. The second-order valence-electron chi connectivity index (χ2n) is 8.11. The third-order valence-corrected chi connectivity index (χ3v) is 4.44. The number of hydrogen-bond acceptors (Lipinski definition) is 6. The molecule has 2 aromatic rings. The Morgan fingerprint density at radius 2 is 2.07 bits per heavy atom. The third-order valence-electron chi connectivity index (χ3n) is 4.44. The number of piperidine rings is 1. The van der Waals surface area contributed by atoms with E-state index >= 15 is 0 Å². The van der Waals surface area contributed by atoms with Crippen molar-refractivity contribution < 1.29 is 18.3 Å². The quantitative estimate of drug-likeness (QED) is 0.826. The smallest absolute Gasteiger partial charge is 0.410 e. The van der Waals surface area contributed by atoms with E-state index in [-0.39, 0.29) is 23.7 Å². The molecule has 1 saturated heterocycles. The summed E-state index contributed by atoms with van der Waals surface area (Å²) in [7, 11) is 0. The van der Waals surface area contributed by atoms with Crippen molar-refractivity contribution in [3.63, 3.8) is 0 Å². The molecule has 1 aliphatic rings. The van der Waals surface area contributed by atoms with Crippen LogP contribution in [0.1, 0.15) is 39.3 Å². The predicted molar refractivity (Wildman–Crippen MR) is 104 cm³/mol. The molecule has 0 unspecified atom stereocenters. The van der Waals surface area contributed by atoms with Gasteiger partial charge in [-0.1, -0.05) is 0 Å². The summed E-state index contributed by atoms with van der Waals surface area (Å²) in [5, 5.41) is 2.84. The molecule has 1 fully saturated rings. The van der Waals surface area contributed by atoms with E-state index in [4.69, 9.17) is 4.74 Å². The Kier molecular flexibility index (Phi) is 6.24. The summed E-state index contributed by atoms with van der Waals surface area (Å²) in [5.74, 6) is -0.351. The maximum atomic E-state index is 14.3. The van der Waals surface area contributed by atoms with E-state index in [9.17, 15) is 13.6 Å². The van der Waals surface area contributed by atoms with Crippen molar-refractivity contribution in [3.05, 3.63) is 41.9 Å². The number of nitrogens with one attached hydrogen (secondary N) is 1. The van der Waals surface area contributed by atoms with Gasteiger partial charge in [-0.15, -0.1) is 0 Å². The lowest BCUT2D eigenvalue weighted by molar-refractivity contribution is 0.0165. The number of aromatic nitrogens is 3. The molecule has 0 spiro atoms. The van der Waals surface area contributed by atoms with Crippen molar-refractivity contribution in [2.24, 2.45) is 5.92 Å². The molecular formula is C20H25F2N5O2. The number of nitrogens with zero attached hydrogens (tertiary/aromatic N) is 4. The molecule has 0 saturated carbocycles. The molecule has 9 heteroatoms. The Morgan fingerprint density at radius 1 is 1.28 bits per heavy atom. The number of amides is 1. The fourth-order valence-electron chi connectivity index (χ4n) is 3.17. The van der Waals surface area contributed by atoms with Gasteiger partial charge in [-0.3, -0.25) is 0 Å². The molecule has 0 bridgehead atoms. The highest BCUT2D eigenvalue weighted by atomic mass is 19.1. The van der Waals surface area contributed by atoms with Crippen LogP contribution in [-0.2, 0) is 11.2 Å². The molecule has 7 nitrogen and oxygen atoms in total. The zero-order chi connectivity index (χ0) is 21.0. The van der Waals surface area contributed by atoms with Crippen LogP contribution in [0.4, 0.5) is 25.3 Å². The van der Waals surface area contributed by atoms with Gasteiger partial charge in [-0.05, 0) is 58.1 Å². The van der Waals surface area contributed by atoms with Gasteiger partial charge in [0, 0.05) is 13.1 Å². The van der Waals surface area contributed by atoms with Crippen molar-refractivity contribution in [3.8, 4) is 0 Å². The minimum atomic E-state index is -0.558. The first-order valence-corrected chi connectivity index (χ1v) is 9.57. The van der Waals surface area contributed by atoms with Gasteiger partial charge in [0.15, 0.2) is 5.82 Å². The van der Waals surface area contributed by atoms with Crippen LogP contribution < -0.4 is 5.32 Å². The number of rotatable bonds is 4. The molecule has 2 aromatic heterocycles. The van der Waals surface area contributed by atoms with Gasteiger partial charge >= 0.3 is 6.09 Å². The van der Waals surface area contributed by atoms with Gasteiger partial charge in [0.2, 0.25) is 5.95 Å². The zero-order valence-electron chi connectivity index (χ0n) is 16.8. The van der Waals surface area contributed by atoms with Crippen LogP contribution in [0.3, 0.4) is 0 Å². The van der Waals surface area contributed by atoms with Gasteiger partial charge in [-0.2, -0.15) is 0 Å². The summed E-state index contributed by atoms with van der Waals surface area (Å²) >= 11 is 0. The maximum absolute atomic E-state index is 14.3. The summed E-state index contributed by atoms with van der Waals surface area (Å²) in [6, 6.07) is 2.70. The Bertz CT molecular complexity index is 855. The monoisotopic (exact) mass is 405 g/mol. The lowest BCUT2D eigenvalue weighted by Crippen LogP contribution is -2.43. The number of pyridine rings is 1. The summed E-state index contributed by atoms with van der Waals surface area (Å²) in [6.07, 6.45) is 3.88. The Morgan fingerprint density at radius 3 is 2.76 bits per heavy atom. The number of halogens is 2. The van der Waals surface area contributed by atoms with Crippen LogP contribution in [0.15, 0.2) is 24.5 Å². The van der Waals surface area contributed by atoms with Gasteiger partial charge < -0.3 is 15.0 Å². The topological polar surface area (TPSA) is 80.2 Å². The van der Waals surface area contributed by atoms with Gasteiger partial charge in [0.1, 0.15) is 17.2 Å². The van der Waals surface area contributed by atoms with E-state index in [1.165, 1.54) is 12.1 Å². The Labute approximate surface area is 168 Å². The average molecular weight is 405 g/mol. The zero-order valence-corrected chi connectivity index (χ0v) is 16.8. The van der Waals surface area contributed by atoms with Gasteiger partial charge in [0.25, 0.3) is 0 Å².